The molecule has 1 unspecified atom stereocenters. The fraction of sp³-hybridized carbons (Fsp3) is 0.0909. The summed E-state index contributed by atoms with van der Waals surface area (Å²) in [5.74, 6) is -0.979. The van der Waals surface area contributed by atoms with Gasteiger partial charge in [0.25, 0.3) is 10.0 Å². The SMILES string of the molecule is O=C(O)C(Cc1ccccc1)n1cnc2cc(NS(=O)(=O)c3cccc4nsnc34)ccc21. The maximum absolute atomic E-state index is 13.0. The van der Waals surface area contributed by atoms with Gasteiger partial charge in [-0.1, -0.05) is 36.4 Å². The Bertz CT molecular complexity index is 1580. The van der Waals surface area contributed by atoms with Gasteiger partial charge in [-0.25, -0.2) is 18.2 Å². The van der Waals surface area contributed by atoms with Crippen molar-refractivity contribution in [1.82, 2.24) is 18.3 Å². The largest absolute Gasteiger partial charge is 0.480 e. The van der Waals surface area contributed by atoms with E-state index in [1.54, 1.807) is 34.9 Å². The highest BCUT2D eigenvalue weighted by Gasteiger charge is 2.23. The highest BCUT2D eigenvalue weighted by atomic mass is 32.2. The van der Waals surface area contributed by atoms with E-state index in [1.807, 2.05) is 30.3 Å². The highest BCUT2D eigenvalue weighted by molar-refractivity contribution is 7.93. The fourth-order valence-corrected chi connectivity index (χ4v) is 5.51. The average molecular weight is 480 g/mol. The monoisotopic (exact) mass is 479 g/mol. The minimum absolute atomic E-state index is 0.0354. The minimum atomic E-state index is -3.92. The zero-order valence-electron chi connectivity index (χ0n) is 17.0. The third-order valence-corrected chi connectivity index (χ3v) is 7.21. The number of hydrogen-bond acceptors (Lipinski definition) is 7. The smallest absolute Gasteiger partial charge is 0.327 e. The van der Waals surface area contributed by atoms with Crippen molar-refractivity contribution in [2.24, 2.45) is 0 Å². The van der Waals surface area contributed by atoms with E-state index in [-0.39, 0.29) is 4.90 Å². The number of carbonyl (C=O) groups is 1. The number of aliphatic carboxylic acids is 1. The summed E-state index contributed by atoms with van der Waals surface area (Å²) in [7, 11) is -3.92. The first-order valence-electron chi connectivity index (χ1n) is 9.90. The predicted octanol–water partition coefficient (Wildman–Crippen LogP) is 3.71. The normalized spacial score (nSPS) is 12.7. The van der Waals surface area contributed by atoms with Crippen LogP contribution in [0.5, 0.6) is 0 Å². The Morgan fingerprint density at radius 3 is 2.64 bits per heavy atom. The fourth-order valence-electron chi connectivity index (χ4n) is 3.69. The third-order valence-electron chi connectivity index (χ3n) is 5.26. The van der Waals surface area contributed by atoms with Gasteiger partial charge in [0, 0.05) is 6.42 Å². The number of nitrogens with one attached hydrogen (secondary N) is 1. The molecule has 0 radical (unpaired) electrons. The molecule has 0 saturated heterocycles. The first kappa shape index (κ1) is 21.0. The van der Waals surface area contributed by atoms with Gasteiger partial charge in [0.1, 0.15) is 22.0 Å². The van der Waals surface area contributed by atoms with Crippen LogP contribution in [0, 0.1) is 0 Å². The molecule has 0 aliphatic heterocycles. The van der Waals surface area contributed by atoms with Gasteiger partial charge >= 0.3 is 5.97 Å². The second-order valence-corrected chi connectivity index (χ2v) is 9.57. The quantitative estimate of drug-likeness (QED) is 0.364. The molecule has 33 heavy (non-hydrogen) atoms. The number of fused-ring (bicyclic) bond motifs is 2. The Labute approximate surface area is 192 Å². The maximum atomic E-state index is 13.0. The van der Waals surface area contributed by atoms with Crippen molar-refractivity contribution in [3.05, 3.63) is 78.6 Å². The molecule has 5 aromatic rings. The van der Waals surface area contributed by atoms with Gasteiger partial charge < -0.3 is 9.67 Å². The van der Waals surface area contributed by atoms with E-state index >= 15 is 0 Å². The molecule has 11 heteroatoms. The lowest BCUT2D eigenvalue weighted by Crippen LogP contribution is -2.20. The molecular weight excluding hydrogens is 462 g/mol. The van der Waals surface area contributed by atoms with Crippen molar-refractivity contribution in [3.8, 4) is 0 Å². The molecule has 0 spiro atoms. The number of imidazole rings is 1. The van der Waals surface area contributed by atoms with Crippen LogP contribution in [-0.2, 0) is 21.2 Å². The van der Waals surface area contributed by atoms with Crippen LogP contribution in [0.2, 0.25) is 0 Å². The summed E-state index contributed by atoms with van der Waals surface area (Å²) >= 11 is 0.947. The second-order valence-electron chi connectivity index (χ2n) is 7.39. The molecule has 166 valence electrons. The molecule has 2 heterocycles. The number of nitrogens with zero attached hydrogens (tertiary/aromatic N) is 4. The minimum Gasteiger partial charge on any atom is -0.480 e. The summed E-state index contributed by atoms with van der Waals surface area (Å²) in [4.78, 5) is 16.3. The van der Waals surface area contributed by atoms with Gasteiger partial charge in [0.2, 0.25) is 0 Å². The first-order valence-corrected chi connectivity index (χ1v) is 12.1. The van der Waals surface area contributed by atoms with Crippen molar-refractivity contribution in [3.63, 3.8) is 0 Å². The van der Waals surface area contributed by atoms with E-state index < -0.39 is 22.0 Å². The summed E-state index contributed by atoms with van der Waals surface area (Å²) in [6, 6.07) is 18.1. The van der Waals surface area contributed by atoms with E-state index in [4.69, 9.17) is 0 Å². The molecule has 3 aromatic carbocycles. The van der Waals surface area contributed by atoms with Gasteiger partial charge in [0.15, 0.2) is 0 Å². The zero-order chi connectivity index (χ0) is 23.0. The van der Waals surface area contributed by atoms with E-state index in [2.05, 4.69) is 18.5 Å². The molecule has 0 bridgehead atoms. The number of rotatable bonds is 7. The van der Waals surface area contributed by atoms with Gasteiger partial charge in [-0.05, 0) is 35.9 Å². The molecule has 2 aromatic heterocycles. The summed E-state index contributed by atoms with van der Waals surface area (Å²) in [6.07, 6.45) is 1.76. The molecule has 0 aliphatic rings. The van der Waals surface area contributed by atoms with Crippen LogP contribution in [-0.4, -0.2) is 37.8 Å². The van der Waals surface area contributed by atoms with Crippen molar-refractivity contribution in [2.45, 2.75) is 17.4 Å². The lowest BCUT2D eigenvalue weighted by Gasteiger charge is -2.15. The van der Waals surface area contributed by atoms with E-state index in [9.17, 15) is 18.3 Å². The predicted molar refractivity (Wildman–Crippen MR) is 125 cm³/mol. The number of hydrogen-bond donors (Lipinski definition) is 2. The first-order chi connectivity index (χ1) is 15.9. The van der Waals surface area contributed by atoms with E-state index in [1.165, 1.54) is 12.4 Å². The molecule has 9 nitrogen and oxygen atoms in total. The molecule has 1 atom stereocenters. The number of sulfonamides is 1. The number of benzene rings is 3. The number of anilines is 1. The standard InChI is InChI=1S/C22H17N5O4S2/c28-22(29)19(11-14-5-2-1-3-6-14)27-13-23-17-12-15(9-10-18(17)27)26-33(30,31)20-8-4-7-16-21(20)25-32-24-16/h1-10,12-13,19,26H,11H2,(H,28,29). The van der Waals surface area contributed by atoms with Crippen LogP contribution in [0.15, 0.2) is 78.0 Å². The van der Waals surface area contributed by atoms with Crippen LogP contribution in [0.3, 0.4) is 0 Å². The van der Waals surface area contributed by atoms with Gasteiger partial charge in [-0.3, -0.25) is 4.72 Å². The molecule has 0 amide bonds. The molecule has 2 N–H and O–H groups in total. The van der Waals surface area contributed by atoms with Crippen LogP contribution in [0.1, 0.15) is 11.6 Å². The number of carboxylic acids is 1. The molecule has 0 aliphatic carbocycles. The van der Waals surface area contributed by atoms with Gasteiger partial charge in [0.05, 0.1) is 34.8 Å². The van der Waals surface area contributed by atoms with Crippen LogP contribution in [0.4, 0.5) is 5.69 Å². The maximum Gasteiger partial charge on any atom is 0.327 e. The Morgan fingerprint density at radius 2 is 1.85 bits per heavy atom. The van der Waals surface area contributed by atoms with Gasteiger partial charge in [-0.2, -0.15) is 8.75 Å². The van der Waals surface area contributed by atoms with E-state index in [0.717, 1.165) is 17.3 Å². The topological polar surface area (TPSA) is 127 Å². The Hall–Kier alpha value is -3.83. The lowest BCUT2D eigenvalue weighted by molar-refractivity contribution is -0.140. The molecular formula is C22H17N5O4S2. The Kier molecular flexibility index (Phi) is 5.27. The summed E-state index contributed by atoms with van der Waals surface area (Å²) in [6.45, 7) is 0. The zero-order valence-corrected chi connectivity index (χ0v) is 18.6. The van der Waals surface area contributed by atoms with Crippen molar-refractivity contribution in [2.75, 3.05) is 4.72 Å². The van der Waals surface area contributed by atoms with Crippen LogP contribution in [0.25, 0.3) is 22.1 Å². The molecule has 0 fully saturated rings. The lowest BCUT2D eigenvalue weighted by atomic mass is 10.1. The second kappa shape index (κ2) is 8.26. The molecule has 0 saturated carbocycles. The van der Waals surface area contributed by atoms with Crippen LogP contribution < -0.4 is 4.72 Å². The molecule has 5 rings (SSSR count). The Morgan fingerprint density at radius 1 is 1.03 bits per heavy atom. The Balaban J connectivity index is 1.46. The summed E-state index contributed by atoms with van der Waals surface area (Å²) in [5.41, 5.74) is 3.08. The van der Waals surface area contributed by atoms with Gasteiger partial charge in [-0.15, -0.1) is 0 Å². The average Bonchev–Trinajstić information content (AvgIpc) is 3.44. The summed E-state index contributed by atoms with van der Waals surface area (Å²) in [5, 5.41) is 9.82. The number of carboxylic acid groups (broad SMARTS) is 1. The van der Waals surface area contributed by atoms with Crippen molar-refractivity contribution < 1.29 is 18.3 Å². The third kappa shape index (κ3) is 4.03. The van der Waals surface area contributed by atoms with Crippen molar-refractivity contribution in [1.29, 1.82) is 0 Å². The van der Waals surface area contributed by atoms with Crippen molar-refractivity contribution >= 4 is 55.5 Å². The van der Waals surface area contributed by atoms with Crippen LogP contribution >= 0.6 is 11.7 Å². The summed E-state index contributed by atoms with van der Waals surface area (Å²) < 4.78 is 38.3. The highest BCUT2D eigenvalue weighted by Crippen LogP contribution is 2.27. The number of aromatic nitrogens is 4. The van der Waals surface area contributed by atoms with E-state index in [0.29, 0.717) is 34.2 Å².